The molecule has 0 unspecified atom stereocenters. The van der Waals surface area contributed by atoms with Crippen molar-refractivity contribution in [3.05, 3.63) is 193 Å². The Morgan fingerprint density at radius 1 is 0.310 bits per heavy atom. The molecule has 282 valence electrons. The average molecular weight is 763 g/mol. The number of nitrogens with zero attached hydrogens (tertiary/aromatic N) is 4. The molecule has 10 heteroatoms. The highest BCUT2D eigenvalue weighted by Crippen LogP contribution is 2.41. The number of carbonyl (C=O) groups excluding carboxylic acids is 6. The van der Waals surface area contributed by atoms with E-state index in [2.05, 4.69) is 11.8 Å². The van der Waals surface area contributed by atoms with E-state index in [0.717, 1.165) is 19.6 Å². The van der Waals surface area contributed by atoms with Gasteiger partial charge in [0, 0.05) is 12.8 Å². The molecule has 10 nitrogen and oxygen atoms in total. The lowest BCUT2D eigenvalue weighted by Gasteiger charge is -2.43. The van der Waals surface area contributed by atoms with Gasteiger partial charge < -0.3 is 0 Å². The maximum Gasteiger partial charge on any atom is 0.342 e. The second kappa shape index (κ2) is 15.3. The Morgan fingerprint density at radius 2 is 0.517 bits per heavy atom. The van der Waals surface area contributed by atoms with E-state index >= 15 is 19.2 Å². The minimum atomic E-state index is -2.37. The minimum Gasteiger partial charge on any atom is -0.272 e. The lowest BCUT2D eigenvalue weighted by Crippen LogP contribution is -2.67. The summed E-state index contributed by atoms with van der Waals surface area (Å²) in [7, 11) is 0. The van der Waals surface area contributed by atoms with E-state index in [0.29, 0.717) is 11.1 Å². The molecule has 0 aromatic heterocycles. The van der Waals surface area contributed by atoms with Crippen molar-refractivity contribution < 1.29 is 28.8 Å². The number of urea groups is 2. The Kier molecular flexibility index (Phi) is 9.79. The molecule has 0 atom stereocenters. The average Bonchev–Trinajstić information content (AvgIpc) is 3.26. The smallest absolute Gasteiger partial charge is 0.272 e. The third kappa shape index (κ3) is 6.40. The maximum atomic E-state index is 15.3. The molecular weight excluding hydrogens is 729 g/mol. The van der Waals surface area contributed by atoms with E-state index in [1.54, 1.807) is 182 Å². The number of carbonyl (C=O) groups is 6. The first-order chi connectivity index (χ1) is 28.2. The summed E-state index contributed by atoms with van der Waals surface area (Å²) in [4.78, 5) is 93.7. The van der Waals surface area contributed by atoms with Gasteiger partial charge in [0.2, 0.25) is 0 Å². The van der Waals surface area contributed by atoms with Crippen molar-refractivity contribution in [1.29, 1.82) is 0 Å². The number of amides is 8. The number of para-hydroxylation sites is 4. The normalized spacial score (nSPS) is 16.3. The van der Waals surface area contributed by atoms with Gasteiger partial charge in [-0.05, 0) is 59.7 Å². The van der Waals surface area contributed by atoms with Gasteiger partial charge in [-0.15, -0.1) is 0 Å². The summed E-state index contributed by atoms with van der Waals surface area (Å²) in [5.74, 6) is 2.09. The lowest BCUT2D eigenvalue weighted by atomic mass is 9.73. The van der Waals surface area contributed by atoms with Crippen LogP contribution in [-0.2, 0) is 32.0 Å². The van der Waals surface area contributed by atoms with Crippen LogP contribution in [0.5, 0.6) is 0 Å². The van der Waals surface area contributed by atoms with Gasteiger partial charge in [0.1, 0.15) is 0 Å². The Morgan fingerprint density at radius 3 is 0.741 bits per heavy atom. The number of hydrogen-bond donors (Lipinski definition) is 0. The van der Waals surface area contributed by atoms with Crippen LogP contribution in [0, 0.1) is 22.7 Å². The fourth-order valence-electron chi connectivity index (χ4n) is 7.34. The van der Waals surface area contributed by atoms with E-state index in [9.17, 15) is 9.59 Å². The first-order valence-corrected chi connectivity index (χ1v) is 18.5. The van der Waals surface area contributed by atoms with Gasteiger partial charge in [-0.2, -0.15) is 0 Å². The second-order valence-corrected chi connectivity index (χ2v) is 13.9. The second-order valence-electron chi connectivity index (χ2n) is 13.9. The fourth-order valence-corrected chi connectivity index (χ4v) is 7.34. The molecule has 2 fully saturated rings. The van der Waals surface area contributed by atoms with E-state index in [1.165, 1.54) is 0 Å². The highest BCUT2D eigenvalue weighted by atomic mass is 16.2. The van der Waals surface area contributed by atoms with Gasteiger partial charge in [0.25, 0.3) is 23.6 Å². The summed E-state index contributed by atoms with van der Waals surface area (Å²) in [6, 6.07) is 48.4. The van der Waals surface area contributed by atoms with Crippen molar-refractivity contribution in [3.63, 3.8) is 0 Å². The molecule has 0 bridgehead atoms. The SMILES string of the molecule is O=C1N(c2ccccc2)C(=O)C(C#CC2(Cc3ccccc3)C(=O)N(c3ccccc3)C(=O)N(c3ccccc3)C2=O)(Cc2ccccc2)C(=O)N1c1ccccc1. The highest BCUT2D eigenvalue weighted by Gasteiger charge is 2.61. The Bertz CT molecular complexity index is 2290. The van der Waals surface area contributed by atoms with Crippen LogP contribution < -0.4 is 19.6 Å². The number of rotatable bonds is 8. The summed E-state index contributed by atoms with van der Waals surface area (Å²) in [5, 5.41) is 0. The monoisotopic (exact) mass is 762 g/mol. The maximum absolute atomic E-state index is 15.3. The van der Waals surface area contributed by atoms with Crippen molar-refractivity contribution in [3.8, 4) is 11.8 Å². The third-order valence-electron chi connectivity index (χ3n) is 10.2. The van der Waals surface area contributed by atoms with Crippen molar-refractivity contribution in [2.45, 2.75) is 12.8 Å². The largest absolute Gasteiger partial charge is 0.342 e. The van der Waals surface area contributed by atoms with Gasteiger partial charge >= 0.3 is 12.1 Å². The quantitative estimate of drug-likeness (QED) is 0.115. The first-order valence-electron chi connectivity index (χ1n) is 18.5. The first kappa shape index (κ1) is 37.0. The highest BCUT2D eigenvalue weighted by molar-refractivity contribution is 6.41. The molecule has 6 aromatic rings. The number of benzene rings is 6. The third-order valence-corrected chi connectivity index (χ3v) is 10.2. The van der Waals surface area contributed by atoms with Crippen LogP contribution in [0.2, 0.25) is 0 Å². The van der Waals surface area contributed by atoms with Crippen molar-refractivity contribution in [2.24, 2.45) is 10.8 Å². The summed E-state index contributed by atoms with van der Waals surface area (Å²) in [6.45, 7) is 0. The molecular formula is C48H34N4O6. The number of anilines is 4. The van der Waals surface area contributed by atoms with Crippen LogP contribution in [0.1, 0.15) is 11.1 Å². The topological polar surface area (TPSA) is 115 Å². The predicted octanol–water partition coefficient (Wildman–Crippen LogP) is 7.85. The van der Waals surface area contributed by atoms with Crippen LogP contribution in [0.3, 0.4) is 0 Å². The predicted molar refractivity (Wildman–Crippen MR) is 219 cm³/mol. The number of barbiturate groups is 2. The molecule has 0 aliphatic carbocycles. The number of imide groups is 4. The molecule has 2 heterocycles. The zero-order chi connectivity index (χ0) is 40.3. The molecule has 0 spiro atoms. The van der Waals surface area contributed by atoms with Gasteiger partial charge in [0.05, 0.1) is 22.7 Å². The standard InChI is InChI=1S/C48H34N4O6/c53-41-47(33-35-19-7-1-8-20-35,42(54)50(38-25-13-4-14-26-38)45(57)49(41)37-23-11-3-12-24-37)31-32-48(34-36-21-9-2-10-22-36)43(55)51(39-27-15-5-16-28-39)46(58)52(44(48)56)40-29-17-6-18-30-40/h1-30H,33-34H2. The van der Waals surface area contributed by atoms with Crippen LogP contribution in [0.4, 0.5) is 32.3 Å². The van der Waals surface area contributed by atoms with Gasteiger partial charge in [-0.1, -0.05) is 145 Å². The lowest BCUT2D eigenvalue weighted by molar-refractivity contribution is -0.139. The van der Waals surface area contributed by atoms with Crippen molar-refractivity contribution in [1.82, 2.24) is 0 Å². The zero-order valence-corrected chi connectivity index (χ0v) is 31.0. The molecule has 8 rings (SSSR count). The van der Waals surface area contributed by atoms with E-state index < -0.39 is 46.5 Å². The zero-order valence-electron chi connectivity index (χ0n) is 31.0. The molecule has 58 heavy (non-hydrogen) atoms. The van der Waals surface area contributed by atoms with E-state index in [4.69, 9.17) is 0 Å². The minimum absolute atomic E-state index is 0.185. The molecule has 8 amide bonds. The Balaban J connectivity index is 1.42. The fraction of sp³-hybridized carbons (Fsp3) is 0.0833. The molecule has 6 aromatic carbocycles. The van der Waals surface area contributed by atoms with Crippen LogP contribution in [0.25, 0.3) is 0 Å². The van der Waals surface area contributed by atoms with Crippen LogP contribution in [-0.4, -0.2) is 35.7 Å². The molecule has 0 radical (unpaired) electrons. The van der Waals surface area contributed by atoms with E-state index in [-0.39, 0.29) is 35.6 Å². The van der Waals surface area contributed by atoms with Gasteiger partial charge in [-0.25, -0.2) is 29.2 Å². The van der Waals surface area contributed by atoms with Gasteiger partial charge in [0.15, 0.2) is 10.8 Å². The Labute approximate surface area is 334 Å². The molecule has 0 saturated carbocycles. The Hall–Kier alpha value is -7.90. The van der Waals surface area contributed by atoms with Gasteiger partial charge in [-0.3, -0.25) is 19.2 Å². The molecule has 0 N–H and O–H groups in total. The molecule has 2 saturated heterocycles. The summed E-state index contributed by atoms with van der Waals surface area (Å²) >= 11 is 0. The van der Waals surface area contributed by atoms with Crippen LogP contribution in [0.15, 0.2) is 182 Å². The summed E-state index contributed by atoms with van der Waals surface area (Å²) in [5.41, 5.74) is -2.95. The van der Waals surface area contributed by atoms with Crippen molar-refractivity contribution >= 4 is 58.4 Å². The molecule has 2 aliphatic heterocycles. The van der Waals surface area contributed by atoms with Crippen LogP contribution >= 0.6 is 0 Å². The summed E-state index contributed by atoms with van der Waals surface area (Å²) < 4.78 is 0. The van der Waals surface area contributed by atoms with Crippen molar-refractivity contribution in [2.75, 3.05) is 19.6 Å². The number of hydrogen-bond acceptors (Lipinski definition) is 6. The summed E-state index contributed by atoms with van der Waals surface area (Å²) in [6.07, 6.45) is -0.655. The molecule has 2 aliphatic rings. The van der Waals surface area contributed by atoms with E-state index in [1.807, 2.05) is 0 Å².